The molecule has 23 heavy (non-hydrogen) atoms. The molecule has 1 aliphatic heterocycles. The average molecular weight is 327 g/mol. The van der Waals surface area contributed by atoms with Gasteiger partial charge in [0.2, 0.25) is 5.90 Å². The van der Waals surface area contributed by atoms with Gasteiger partial charge in [0, 0.05) is 10.5 Å². The van der Waals surface area contributed by atoms with E-state index >= 15 is 0 Å². The molecule has 0 aliphatic carbocycles. The molecular formula is C19H18FNOS. The highest BCUT2D eigenvalue weighted by Gasteiger charge is 2.15. The molecule has 1 aliphatic rings. The third-order valence-corrected chi connectivity index (χ3v) is 4.47. The summed E-state index contributed by atoms with van der Waals surface area (Å²) in [5.74, 6) is 0.472. The quantitative estimate of drug-likeness (QED) is 0.679. The van der Waals surface area contributed by atoms with Crippen molar-refractivity contribution >= 4 is 23.3 Å². The molecule has 1 fully saturated rings. The van der Waals surface area contributed by atoms with Crippen LogP contribution in [0.2, 0.25) is 0 Å². The number of thioether (sulfide) groups is 1. The zero-order chi connectivity index (χ0) is 16.1. The van der Waals surface area contributed by atoms with Gasteiger partial charge in [0.25, 0.3) is 0 Å². The third kappa shape index (κ3) is 4.45. The van der Waals surface area contributed by atoms with Crippen LogP contribution in [0.5, 0.6) is 0 Å². The normalized spacial score (nSPS) is 18.2. The molecule has 0 unspecified atom stereocenters. The van der Waals surface area contributed by atoms with E-state index in [1.807, 2.05) is 24.3 Å². The Morgan fingerprint density at radius 2 is 1.83 bits per heavy atom. The van der Waals surface area contributed by atoms with Crippen LogP contribution in [0.4, 0.5) is 10.1 Å². The number of hydrogen-bond donors (Lipinski definition) is 0. The van der Waals surface area contributed by atoms with Crippen molar-refractivity contribution in [2.45, 2.75) is 24.7 Å². The van der Waals surface area contributed by atoms with Crippen LogP contribution >= 0.6 is 11.8 Å². The van der Waals surface area contributed by atoms with Crippen molar-refractivity contribution in [3.05, 3.63) is 70.9 Å². The highest BCUT2D eigenvalue weighted by molar-refractivity contribution is 8.02. The lowest BCUT2D eigenvalue weighted by Crippen LogP contribution is -2.15. The molecule has 2 nitrogen and oxygen atoms in total. The number of aryl methyl sites for hydroxylation is 1. The lowest BCUT2D eigenvalue weighted by molar-refractivity contribution is 0.281. The van der Waals surface area contributed by atoms with E-state index in [1.165, 1.54) is 17.7 Å². The summed E-state index contributed by atoms with van der Waals surface area (Å²) >= 11 is 1.56. The highest BCUT2D eigenvalue weighted by Crippen LogP contribution is 2.26. The molecule has 0 aromatic heterocycles. The molecule has 4 heteroatoms. The lowest BCUT2D eigenvalue weighted by Gasteiger charge is -2.18. The third-order valence-electron chi connectivity index (χ3n) is 3.52. The van der Waals surface area contributed by atoms with Crippen molar-refractivity contribution in [3.8, 4) is 0 Å². The van der Waals surface area contributed by atoms with Gasteiger partial charge in [0.1, 0.15) is 5.82 Å². The molecular weight excluding hydrogens is 309 g/mol. The second kappa shape index (κ2) is 7.47. The lowest BCUT2D eigenvalue weighted by atomic mass is 10.1. The first-order chi connectivity index (χ1) is 11.2. The molecule has 0 bridgehead atoms. The Balaban J connectivity index is 1.79. The maximum atomic E-state index is 13.0. The fourth-order valence-electron chi connectivity index (χ4n) is 2.23. The predicted octanol–water partition coefficient (Wildman–Crippen LogP) is 5.65. The maximum absolute atomic E-state index is 13.0. The summed E-state index contributed by atoms with van der Waals surface area (Å²) in [6, 6.07) is 14.6. The average Bonchev–Trinajstić information content (AvgIpc) is 2.58. The minimum atomic E-state index is -0.218. The molecule has 1 saturated heterocycles. The van der Waals surface area contributed by atoms with Crippen molar-refractivity contribution in [1.82, 2.24) is 0 Å². The molecule has 0 N–H and O–H groups in total. The summed E-state index contributed by atoms with van der Waals surface area (Å²) in [6.07, 6.45) is 1.93. The van der Waals surface area contributed by atoms with Gasteiger partial charge < -0.3 is 4.74 Å². The fourth-order valence-corrected chi connectivity index (χ4v) is 3.02. The van der Waals surface area contributed by atoms with E-state index in [4.69, 9.17) is 4.74 Å². The molecule has 0 saturated carbocycles. The van der Waals surface area contributed by atoms with Crippen molar-refractivity contribution in [1.29, 1.82) is 0 Å². The highest BCUT2D eigenvalue weighted by atomic mass is 32.2. The zero-order valence-corrected chi connectivity index (χ0v) is 13.8. The summed E-state index contributed by atoms with van der Waals surface area (Å²) in [5, 5.41) is 2.05. The number of rotatable bonds is 3. The number of hydrogen-bond acceptors (Lipinski definition) is 3. The monoisotopic (exact) mass is 327 g/mol. The van der Waals surface area contributed by atoms with Crippen LogP contribution in [-0.2, 0) is 4.74 Å². The van der Waals surface area contributed by atoms with Gasteiger partial charge in [0.15, 0.2) is 0 Å². The smallest absolute Gasteiger partial charge is 0.217 e. The van der Waals surface area contributed by atoms with E-state index in [1.54, 1.807) is 23.9 Å². The van der Waals surface area contributed by atoms with Gasteiger partial charge in [-0.3, -0.25) is 0 Å². The van der Waals surface area contributed by atoms with E-state index in [0.717, 1.165) is 29.0 Å². The Labute approximate surface area is 140 Å². The van der Waals surface area contributed by atoms with Gasteiger partial charge >= 0.3 is 0 Å². The molecule has 0 amide bonds. The number of nitrogens with zero attached hydrogens (tertiary/aromatic N) is 1. The van der Waals surface area contributed by atoms with Crippen LogP contribution in [0.25, 0.3) is 0 Å². The molecule has 0 spiro atoms. The summed E-state index contributed by atoms with van der Waals surface area (Å²) in [7, 11) is 0. The molecule has 0 radical (unpaired) electrons. The van der Waals surface area contributed by atoms with E-state index in [9.17, 15) is 4.39 Å². The minimum absolute atomic E-state index is 0.218. The summed E-state index contributed by atoms with van der Waals surface area (Å²) in [6.45, 7) is 2.75. The first kappa shape index (κ1) is 15.8. The summed E-state index contributed by atoms with van der Waals surface area (Å²) in [5.41, 5.74) is 3.19. The Morgan fingerprint density at radius 1 is 1.09 bits per heavy atom. The Hall–Kier alpha value is -2.07. The van der Waals surface area contributed by atoms with E-state index in [-0.39, 0.29) is 5.82 Å². The van der Waals surface area contributed by atoms with Crippen molar-refractivity contribution < 1.29 is 9.13 Å². The minimum Gasteiger partial charge on any atom is -0.477 e. The van der Waals surface area contributed by atoms with Crippen molar-refractivity contribution in [2.24, 2.45) is 4.99 Å². The Morgan fingerprint density at radius 3 is 2.57 bits per heavy atom. The van der Waals surface area contributed by atoms with Gasteiger partial charge in [-0.1, -0.05) is 29.5 Å². The van der Waals surface area contributed by atoms with Crippen LogP contribution in [0.1, 0.15) is 18.4 Å². The Bertz CT molecular complexity index is 720. The largest absolute Gasteiger partial charge is 0.477 e. The number of halogens is 1. The van der Waals surface area contributed by atoms with Crippen molar-refractivity contribution in [3.63, 3.8) is 0 Å². The van der Waals surface area contributed by atoms with E-state index in [0.29, 0.717) is 12.5 Å². The van der Waals surface area contributed by atoms with Crippen LogP contribution in [-0.4, -0.2) is 12.5 Å². The van der Waals surface area contributed by atoms with Crippen LogP contribution in [0, 0.1) is 12.7 Å². The first-order valence-corrected chi connectivity index (χ1v) is 8.48. The van der Waals surface area contributed by atoms with Crippen molar-refractivity contribution in [2.75, 3.05) is 6.61 Å². The second-order valence-corrected chi connectivity index (χ2v) is 6.36. The predicted molar refractivity (Wildman–Crippen MR) is 93.8 cm³/mol. The Kier molecular flexibility index (Phi) is 5.13. The van der Waals surface area contributed by atoms with Gasteiger partial charge in [0.05, 0.1) is 12.3 Å². The topological polar surface area (TPSA) is 21.6 Å². The first-order valence-electron chi connectivity index (χ1n) is 7.60. The van der Waals surface area contributed by atoms with Crippen LogP contribution in [0.15, 0.2) is 69.4 Å². The van der Waals surface area contributed by atoms with Gasteiger partial charge in [-0.15, -0.1) is 0 Å². The van der Waals surface area contributed by atoms with Gasteiger partial charge in [-0.25, -0.2) is 9.38 Å². The summed E-state index contributed by atoms with van der Waals surface area (Å²) in [4.78, 5) is 5.62. The molecule has 2 aromatic carbocycles. The van der Waals surface area contributed by atoms with Gasteiger partial charge in [-0.05, 0) is 61.6 Å². The summed E-state index contributed by atoms with van der Waals surface area (Å²) < 4.78 is 18.7. The molecule has 118 valence electrons. The number of aliphatic imine (C=N–C) groups is 1. The molecule has 2 aromatic rings. The molecule has 3 rings (SSSR count). The van der Waals surface area contributed by atoms with Crippen LogP contribution < -0.4 is 0 Å². The second-order valence-electron chi connectivity index (χ2n) is 5.42. The van der Waals surface area contributed by atoms with E-state index < -0.39 is 0 Å². The van der Waals surface area contributed by atoms with E-state index in [2.05, 4.69) is 17.3 Å². The van der Waals surface area contributed by atoms with Crippen LogP contribution in [0.3, 0.4) is 0 Å². The SMILES string of the molecule is Cc1ccc(/N=C2\OCCC\C2=C/Sc2ccc(F)cc2)cc1. The standard InChI is InChI=1S/C19H18FNOS/c1-14-4-8-17(9-5-14)21-19-15(3-2-12-22-19)13-23-18-10-6-16(20)7-11-18/h4-11,13H,2-3,12H2,1H3/b15-13+,21-19-. The molecule has 1 heterocycles. The zero-order valence-electron chi connectivity index (χ0n) is 13.0. The van der Waals surface area contributed by atoms with Gasteiger partial charge in [-0.2, -0.15) is 0 Å². The molecule has 0 atom stereocenters. The maximum Gasteiger partial charge on any atom is 0.217 e. The number of ether oxygens (including phenoxy) is 1. The number of benzene rings is 2. The fraction of sp³-hybridized carbons (Fsp3) is 0.211.